The van der Waals surface area contributed by atoms with E-state index in [2.05, 4.69) is 22.1 Å². The normalized spacial score (nSPS) is 10.6. The van der Waals surface area contributed by atoms with Crippen LogP contribution in [0.5, 0.6) is 5.75 Å². The second kappa shape index (κ2) is 8.66. The Morgan fingerprint density at radius 1 is 1.44 bits per heavy atom. The maximum Gasteiger partial charge on any atom is 0.233 e. The van der Waals surface area contributed by atoms with E-state index in [0.717, 1.165) is 16.8 Å². The Bertz CT molecular complexity index is 759. The number of hydrogen-bond acceptors (Lipinski definition) is 6. The molecule has 0 N–H and O–H groups in total. The molecule has 0 saturated heterocycles. The van der Waals surface area contributed by atoms with Crippen LogP contribution >= 0.6 is 11.8 Å². The van der Waals surface area contributed by atoms with Crippen molar-refractivity contribution in [1.29, 1.82) is 0 Å². The van der Waals surface area contributed by atoms with Gasteiger partial charge in [-0.25, -0.2) is 0 Å². The number of thioether (sulfide) groups is 1. The van der Waals surface area contributed by atoms with Gasteiger partial charge in [-0.3, -0.25) is 4.79 Å². The Labute approximate surface area is 152 Å². The third-order valence-corrected chi connectivity index (χ3v) is 4.43. The summed E-state index contributed by atoms with van der Waals surface area (Å²) in [7, 11) is 1.60. The van der Waals surface area contributed by atoms with Crippen molar-refractivity contribution in [1.82, 2.24) is 25.1 Å². The summed E-state index contributed by atoms with van der Waals surface area (Å²) < 4.78 is 6.99. The van der Waals surface area contributed by atoms with Gasteiger partial charge in [0.25, 0.3) is 0 Å². The first-order valence-electron chi connectivity index (χ1n) is 7.94. The van der Waals surface area contributed by atoms with Crippen molar-refractivity contribution in [2.75, 3.05) is 26.0 Å². The number of methoxy groups -OCH3 is 1. The van der Waals surface area contributed by atoms with Crippen LogP contribution in [0.3, 0.4) is 0 Å². The van der Waals surface area contributed by atoms with Crippen LogP contribution in [0.4, 0.5) is 0 Å². The minimum atomic E-state index is 0.0289. The summed E-state index contributed by atoms with van der Waals surface area (Å²) in [5.41, 5.74) is 2.77. The van der Waals surface area contributed by atoms with E-state index in [1.165, 1.54) is 11.8 Å². The van der Waals surface area contributed by atoms with Gasteiger partial charge in [0.2, 0.25) is 11.1 Å². The average molecular weight is 361 g/mol. The first-order valence-corrected chi connectivity index (χ1v) is 8.93. The van der Waals surface area contributed by atoms with Gasteiger partial charge in [0.1, 0.15) is 11.4 Å². The molecule has 0 bridgehead atoms. The van der Waals surface area contributed by atoms with Crippen molar-refractivity contribution in [3.63, 3.8) is 0 Å². The zero-order valence-electron chi connectivity index (χ0n) is 15.0. The summed E-state index contributed by atoms with van der Waals surface area (Å²) in [6.07, 6.45) is 0. The minimum absolute atomic E-state index is 0.0289. The number of tetrazole rings is 1. The van der Waals surface area contributed by atoms with Gasteiger partial charge < -0.3 is 9.64 Å². The van der Waals surface area contributed by atoms with Gasteiger partial charge in [0, 0.05) is 13.1 Å². The van der Waals surface area contributed by atoms with Gasteiger partial charge in [-0.05, 0) is 48.9 Å². The molecular formula is C17H23N5O2S. The highest BCUT2D eigenvalue weighted by molar-refractivity contribution is 7.99. The van der Waals surface area contributed by atoms with Crippen molar-refractivity contribution in [2.24, 2.45) is 0 Å². The number of ether oxygens (including phenoxy) is 1. The number of aryl methyl sites for hydroxylation is 1. The number of carbonyl (C=O) groups is 1. The van der Waals surface area contributed by atoms with Crippen LogP contribution in [-0.2, 0) is 4.79 Å². The van der Waals surface area contributed by atoms with E-state index in [1.54, 1.807) is 16.7 Å². The van der Waals surface area contributed by atoms with E-state index < -0.39 is 0 Å². The molecule has 1 amide bonds. The maximum atomic E-state index is 12.4. The fourth-order valence-electron chi connectivity index (χ4n) is 2.31. The van der Waals surface area contributed by atoms with E-state index in [9.17, 15) is 4.79 Å². The fraction of sp³-hybridized carbons (Fsp3) is 0.412. The predicted octanol–water partition coefficient (Wildman–Crippen LogP) is 2.50. The van der Waals surface area contributed by atoms with Crippen LogP contribution in [0.15, 0.2) is 35.5 Å². The first-order chi connectivity index (χ1) is 12.0. The molecule has 7 nitrogen and oxygen atoms in total. The van der Waals surface area contributed by atoms with Crippen LogP contribution in [0.1, 0.15) is 19.4 Å². The quantitative estimate of drug-likeness (QED) is 0.531. The molecule has 0 fully saturated rings. The number of rotatable bonds is 8. The van der Waals surface area contributed by atoms with Crippen LogP contribution in [0, 0.1) is 6.92 Å². The SMILES string of the molecule is C=C(C)CN(CC)C(=O)CSc1nnnn1-c1cc(C)ccc1OC. The molecule has 2 aromatic rings. The number of benzene rings is 1. The third kappa shape index (κ3) is 4.82. The standard InChI is InChI=1S/C17H23N5O2S/c1-6-21(10-12(2)3)16(23)11-25-17-18-19-20-22(17)14-9-13(4)7-8-15(14)24-5/h7-9H,2,6,10-11H2,1,3-5H3. The Hall–Kier alpha value is -2.35. The van der Waals surface area contributed by atoms with Crippen LogP contribution in [-0.4, -0.2) is 57.0 Å². The number of aromatic nitrogens is 4. The zero-order valence-corrected chi connectivity index (χ0v) is 15.8. The Balaban J connectivity index is 2.16. The summed E-state index contributed by atoms with van der Waals surface area (Å²) >= 11 is 1.30. The third-order valence-electron chi connectivity index (χ3n) is 3.52. The molecule has 2 rings (SSSR count). The molecule has 0 unspecified atom stereocenters. The van der Waals surface area contributed by atoms with Crippen molar-refractivity contribution in [3.8, 4) is 11.4 Å². The molecule has 8 heteroatoms. The molecule has 0 atom stereocenters. The minimum Gasteiger partial charge on any atom is -0.494 e. The van der Waals surface area contributed by atoms with E-state index in [1.807, 2.05) is 39.0 Å². The predicted molar refractivity (Wildman–Crippen MR) is 98.2 cm³/mol. The smallest absolute Gasteiger partial charge is 0.233 e. The largest absolute Gasteiger partial charge is 0.494 e. The molecule has 1 aromatic heterocycles. The summed E-state index contributed by atoms with van der Waals surface area (Å²) in [5, 5.41) is 12.4. The van der Waals surface area contributed by atoms with E-state index in [0.29, 0.717) is 24.0 Å². The van der Waals surface area contributed by atoms with E-state index in [4.69, 9.17) is 4.74 Å². The molecule has 1 aromatic carbocycles. The Morgan fingerprint density at radius 3 is 2.84 bits per heavy atom. The molecular weight excluding hydrogens is 338 g/mol. The number of nitrogens with zero attached hydrogens (tertiary/aromatic N) is 5. The van der Waals surface area contributed by atoms with Crippen molar-refractivity contribution < 1.29 is 9.53 Å². The number of amides is 1. The second-order valence-electron chi connectivity index (χ2n) is 5.70. The van der Waals surface area contributed by atoms with Gasteiger partial charge in [0.15, 0.2) is 0 Å². The Morgan fingerprint density at radius 2 is 2.20 bits per heavy atom. The summed E-state index contributed by atoms with van der Waals surface area (Å²) in [4.78, 5) is 14.2. The zero-order chi connectivity index (χ0) is 18.4. The van der Waals surface area contributed by atoms with Crippen LogP contribution in [0.25, 0.3) is 5.69 Å². The highest BCUT2D eigenvalue weighted by atomic mass is 32.2. The molecule has 0 aliphatic carbocycles. The fourth-order valence-corrected chi connectivity index (χ4v) is 3.09. The summed E-state index contributed by atoms with van der Waals surface area (Å²) in [6, 6.07) is 5.78. The molecule has 0 saturated carbocycles. The molecule has 0 radical (unpaired) electrons. The lowest BCUT2D eigenvalue weighted by molar-refractivity contribution is -0.127. The summed E-state index contributed by atoms with van der Waals surface area (Å²) in [6.45, 7) is 10.9. The lowest BCUT2D eigenvalue weighted by atomic mass is 10.2. The van der Waals surface area contributed by atoms with Gasteiger partial charge >= 0.3 is 0 Å². The van der Waals surface area contributed by atoms with Gasteiger partial charge in [-0.1, -0.05) is 30.0 Å². The van der Waals surface area contributed by atoms with E-state index in [-0.39, 0.29) is 11.7 Å². The van der Waals surface area contributed by atoms with Crippen molar-refractivity contribution >= 4 is 17.7 Å². The van der Waals surface area contributed by atoms with Crippen LogP contribution < -0.4 is 4.74 Å². The van der Waals surface area contributed by atoms with Gasteiger partial charge in [-0.15, -0.1) is 5.10 Å². The summed E-state index contributed by atoms with van der Waals surface area (Å²) in [5.74, 6) is 0.958. The van der Waals surface area contributed by atoms with Crippen molar-refractivity contribution in [2.45, 2.75) is 25.9 Å². The second-order valence-corrected chi connectivity index (χ2v) is 6.64. The highest BCUT2D eigenvalue weighted by Gasteiger charge is 2.17. The van der Waals surface area contributed by atoms with Crippen molar-refractivity contribution in [3.05, 3.63) is 35.9 Å². The highest BCUT2D eigenvalue weighted by Crippen LogP contribution is 2.27. The number of hydrogen-bond donors (Lipinski definition) is 0. The Kier molecular flexibility index (Phi) is 6.58. The topological polar surface area (TPSA) is 73.1 Å². The van der Waals surface area contributed by atoms with E-state index >= 15 is 0 Å². The monoisotopic (exact) mass is 361 g/mol. The number of carbonyl (C=O) groups excluding carboxylic acids is 1. The molecule has 1 heterocycles. The lowest BCUT2D eigenvalue weighted by Gasteiger charge is -2.20. The number of likely N-dealkylation sites (N-methyl/N-ethyl adjacent to an activating group) is 1. The average Bonchev–Trinajstić information content (AvgIpc) is 3.05. The molecule has 0 aliphatic heterocycles. The van der Waals surface area contributed by atoms with Gasteiger partial charge in [-0.2, -0.15) is 4.68 Å². The molecule has 25 heavy (non-hydrogen) atoms. The molecule has 0 aliphatic rings. The van der Waals surface area contributed by atoms with Crippen LogP contribution in [0.2, 0.25) is 0 Å². The first kappa shape index (κ1) is 19.0. The lowest BCUT2D eigenvalue weighted by Crippen LogP contribution is -2.33. The maximum absolute atomic E-state index is 12.4. The molecule has 0 spiro atoms. The van der Waals surface area contributed by atoms with Gasteiger partial charge in [0.05, 0.1) is 12.9 Å². The molecule has 134 valence electrons.